The summed E-state index contributed by atoms with van der Waals surface area (Å²) in [5.74, 6) is 0.638. The lowest BCUT2D eigenvalue weighted by Crippen LogP contribution is -2.30. The lowest BCUT2D eigenvalue weighted by Gasteiger charge is -2.19. The molecular formula is C24H21N3O2S. The van der Waals surface area contributed by atoms with Crippen molar-refractivity contribution >= 4 is 17.7 Å². The quantitative estimate of drug-likeness (QED) is 0.424. The smallest absolute Gasteiger partial charge is 0.277 e. The first-order valence-electron chi connectivity index (χ1n) is 9.66. The Morgan fingerprint density at radius 2 is 1.40 bits per heavy atom. The second-order valence-corrected chi connectivity index (χ2v) is 7.66. The van der Waals surface area contributed by atoms with E-state index in [1.807, 2.05) is 91.0 Å². The SMILES string of the molecule is O=C(CSc1nnc(Cc2ccccc2)o1)NC(c1ccccc1)c1ccccc1. The van der Waals surface area contributed by atoms with Gasteiger partial charge in [-0.25, -0.2) is 0 Å². The fourth-order valence-electron chi connectivity index (χ4n) is 3.12. The van der Waals surface area contributed by atoms with Crippen molar-refractivity contribution in [2.75, 3.05) is 5.75 Å². The van der Waals surface area contributed by atoms with Gasteiger partial charge in [-0.15, -0.1) is 10.2 Å². The maximum Gasteiger partial charge on any atom is 0.277 e. The average molecular weight is 416 g/mol. The van der Waals surface area contributed by atoms with Crippen LogP contribution < -0.4 is 5.32 Å². The molecule has 1 heterocycles. The molecule has 4 aromatic rings. The van der Waals surface area contributed by atoms with Gasteiger partial charge >= 0.3 is 0 Å². The minimum Gasteiger partial charge on any atom is -0.416 e. The molecule has 0 aliphatic rings. The van der Waals surface area contributed by atoms with E-state index < -0.39 is 0 Å². The van der Waals surface area contributed by atoms with Gasteiger partial charge in [-0.3, -0.25) is 4.79 Å². The van der Waals surface area contributed by atoms with Crippen molar-refractivity contribution < 1.29 is 9.21 Å². The Labute approximate surface area is 179 Å². The first-order chi connectivity index (χ1) is 14.8. The van der Waals surface area contributed by atoms with Gasteiger partial charge in [0.1, 0.15) is 0 Å². The molecular weight excluding hydrogens is 394 g/mol. The summed E-state index contributed by atoms with van der Waals surface area (Å²) in [6.07, 6.45) is 0.574. The molecule has 4 rings (SSSR count). The highest BCUT2D eigenvalue weighted by atomic mass is 32.2. The van der Waals surface area contributed by atoms with Crippen molar-refractivity contribution in [2.45, 2.75) is 17.7 Å². The highest BCUT2D eigenvalue weighted by molar-refractivity contribution is 7.99. The summed E-state index contributed by atoms with van der Waals surface area (Å²) in [6.45, 7) is 0. The Morgan fingerprint density at radius 1 is 0.833 bits per heavy atom. The lowest BCUT2D eigenvalue weighted by atomic mass is 9.99. The molecule has 0 atom stereocenters. The number of amides is 1. The van der Waals surface area contributed by atoms with Gasteiger partial charge in [0.2, 0.25) is 11.8 Å². The third-order valence-corrected chi connectivity index (χ3v) is 5.36. The van der Waals surface area contributed by atoms with Crippen molar-refractivity contribution in [3.8, 4) is 0 Å². The van der Waals surface area contributed by atoms with E-state index in [0.29, 0.717) is 17.5 Å². The van der Waals surface area contributed by atoms with Crippen LogP contribution >= 0.6 is 11.8 Å². The van der Waals surface area contributed by atoms with Crippen molar-refractivity contribution in [2.24, 2.45) is 0 Å². The molecule has 0 fully saturated rings. The zero-order valence-corrected chi connectivity index (χ0v) is 17.1. The van der Waals surface area contributed by atoms with Crippen LogP contribution in [0.15, 0.2) is 101 Å². The van der Waals surface area contributed by atoms with Crippen LogP contribution in [-0.4, -0.2) is 21.9 Å². The zero-order valence-electron chi connectivity index (χ0n) is 16.3. The summed E-state index contributed by atoms with van der Waals surface area (Å²) in [5.41, 5.74) is 3.17. The number of nitrogens with one attached hydrogen (secondary N) is 1. The van der Waals surface area contributed by atoms with Gasteiger partial charge in [-0.1, -0.05) is 103 Å². The topological polar surface area (TPSA) is 68.0 Å². The van der Waals surface area contributed by atoms with Crippen LogP contribution in [0.2, 0.25) is 0 Å². The van der Waals surface area contributed by atoms with Gasteiger partial charge in [0, 0.05) is 0 Å². The first-order valence-corrected chi connectivity index (χ1v) is 10.6. The predicted octanol–water partition coefficient (Wildman–Crippen LogP) is 4.66. The molecule has 5 nitrogen and oxygen atoms in total. The monoisotopic (exact) mass is 415 g/mol. The number of aromatic nitrogens is 2. The van der Waals surface area contributed by atoms with Crippen molar-refractivity contribution in [3.63, 3.8) is 0 Å². The maximum atomic E-state index is 12.6. The van der Waals surface area contributed by atoms with E-state index in [0.717, 1.165) is 16.7 Å². The zero-order chi connectivity index (χ0) is 20.6. The molecule has 150 valence electrons. The maximum absolute atomic E-state index is 12.6. The van der Waals surface area contributed by atoms with Gasteiger partial charge in [-0.05, 0) is 16.7 Å². The minimum atomic E-state index is -0.211. The number of thioether (sulfide) groups is 1. The predicted molar refractivity (Wildman–Crippen MR) is 117 cm³/mol. The van der Waals surface area contributed by atoms with Crippen LogP contribution in [0.25, 0.3) is 0 Å². The number of hydrogen-bond acceptors (Lipinski definition) is 5. The minimum absolute atomic E-state index is 0.0967. The van der Waals surface area contributed by atoms with Crippen LogP contribution in [-0.2, 0) is 11.2 Å². The van der Waals surface area contributed by atoms with Gasteiger partial charge in [0.15, 0.2) is 0 Å². The van der Waals surface area contributed by atoms with Crippen molar-refractivity contribution in [1.82, 2.24) is 15.5 Å². The van der Waals surface area contributed by atoms with Gasteiger partial charge < -0.3 is 9.73 Å². The Balaban J connectivity index is 1.37. The van der Waals surface area contributed by atoms with Crippen LogP contribution in [0.3, 0.4) is 0 Å². The van der Waals surface area contributed by atoms with E-state index in [2.05, 4.69) is 15.5 Å². The molecule has 0 aliphatic carbocycles. The number of benzene rings is 3. The van der Waals surface area contributed by atoms with Crippen LogP contribution in [0, 0.1) is 0 Å². The third-order valence-electron chi connectivity index (χ3n) is 4.54. The van der Waals surface area contributed by atoms with Gasteiger partial charge in [0.25, 0.3) is 5.22 Å². The summed E-state index contributed by atoms with van der Waals surface area (Å²) in [5, 5.41) is 11.6. The third kappa shape index (κ3) is 5.36. The molecule has 0 radical (unpaired) electrons. The molecule has 6 heteroatoms. The second kappa shape index (κ2) is 9.89. The van der Waals surface area contributed by atoms with Crippen LogP contribution in [0.4, 0.5) is 0 Å². The molecule has 1 aromatic heterocycles. The summed E-state index contributed by atoms with van der Waals surface area (Å²) in [4.78, 5) is 12.6. The number of carbonyl (C=O) groups excluding carboxylic acids is 1. The Hall–Kier alpha value is -3.38. The van der Waals surface area contributed by atoms with E-state index in [9.17, 15) is 4.79 Å². The molecule has 0 aliphatic heterocycles. The molecule has 30 heavy (non-hydrogen) atoms. The molecule has 0 saturated carbocycles. The number of nitrogens with zero attached hydrogens (tertiary/aromatic N) is 2. The van der Waals surface area contributed by atoms with Gasteiger partial charge in [-0.2, -0.15) is 0 Å². The van der Waals surface area contributed by atoms with Crippen molar-refractivity contribution in [3.05, 3.63) is 114 Å². The van der Waals surface area contributed by atoms with Gasteiger partial charge in [0.05, 0.1) is 18.2 Å². The molecule has 1 amide bonds. The molecule has 3 aromatic carbocycles. The second-order valence-electron chi connectivity index (χ2n) is 6.73. The van der Waals surface area contributed by atoms with E-state index >= 15 is 0 Å². The Kier molecular flexibility index (Phi) is 6.57. The molecule has 0 unspecified atom stereocenters. The van der Waals surface area contributed by atoms with E-state index in [1.165, 1.54) is 11.8 Å². The number of rotatable bonds is 8. The number of carbonyl (C=O) groups is 1. The lowest BCUT2D eigenvalue weighted by molar-refractivity contribution is -0.119. The molecule has 0 saturated heterocycles. The van der Waals surface area contributed by atoms with E-state index in [-0.39, 0.29) is 17.7 Å². The van der Waals surface area contributed by atoms with E-state index in [1.54, 1.807) is 0 Å². The standard InChI is InChI=1S/C24H21N3O2S/c28-21(17-30-24-27-26-22(29-24)16-18-10-4-1-5-11-18)25-23(19-12-6-2-7-13-19)20-14-8-3-9-15-20/h1-15,23H,16-17H2,(H,25,28). The summed E-state index contributed by atoms with van der Waals surface area (Å²) >= 11 is 1.24. The summed E-state index contributed by atoms with van der Waals surface area (Å²) < 4.78 is 5.67. The van der Waals surface area contributed by atoms with Crippen LogP contribution in [0.1, 0.15) is 28.6 Å². The number of hydrogen-bond donors (Lipinski definition) is 1. The highest BCUT2D eigenvalue weighted by Crippen LogP contribution is 2.23. The Morgan fingerprint density at radius 3 is 2.00 bits per heavy atom. The summed E-state index contributed by atoms with van der Waals surface area (Å²) in [7, 11) is 0. The fourth-order valence-corrected chi connectivity index (χ4v) is 3.71. The highest BCUT2D eigenvalue weighted by Gasteiger charge is 2.17. The molecule has 0 spiro atoms. The van der Waals surface area contributed by atoms with E-state index in [4.69, 9.17) is 4.42 Å². The molecule has 0 bridgehead atoms. The van der Waals surface area contributed by atoms with Crippen molar-refractivity contribution in [1.29, 1.82) is 0 Å². The normalized spacial score (nSPS) is 10.8. The summed E-state index contributed by atoms with van der Waals surface area (Å²) in [6, 6.07) is 29.6. The Bertz CT molecular complexity index is 1030. The van der Waals surface area contributed by atoms with Crippen LogP contribution in [0.5, 0.6) is 0 Å². The molecule has 1 N–H and O–H groups in total. The largest absolute Gasteiger partial charge is 0.416 e. The first kappa shape index (κ1) is 19.9. The average Bonchev–Trinajstić information content (AvgIpc) is 3.25. The fraction of sp³-hybridized carbons (Fsp3) is 0.125.